The van der Waals surface area contributed by atoms with Crippen LogP contribution in [0.2, 0.25) is 0 Å². The second-order valence-electron chi connectivity index (χ2n) is 8.55. The van der Waals surface area contributed by atoms with Crippen LogP contribution < -0.4 is 5.32 Å². The van der Waals surface area contributed by atoms with Crippen molar-refractivity contribution in [2.75, 3.05) is 13.1 Å². The number of unbranched alkanes of at least 4 members (excludes halogenated alkanes) is 1. The van der Waals surface area contributed by atoms with Crippen LogP contribution in [0.1, 0.15) is 66.5 Å². The van der Waals surface area contributed by atoms with Gasteiger partial charge in [-0.1, -0.05) is 13.3 Å². The lowest BCUT2D eigenvalue weighted by atomic mass is 10.0. The summed E-state index contributed by atoms with van der Waals surface area (Å²) in [6.07, 6.45) is 3.54. The minimum absolute atomic E-state index is 0.246. The van der Waals surface area contributed by atoms with E-state index in [0.717, 1.165) is 29.4 Å². The fraction of sp³-hybridized carbons (Fsp3) is 0.667. The third-order valence-corrected chi connectivity index (χ3v) is 4.41. The van der Waals surface area contributed by atoms with Crippen LogP contribution in [0.4, 0.5) is 9.59 Å². The van der Waals surface area contributed by atoms with Gasteiger partial charge in [0, 0.05) is 23.8 Å². The lowest BCUT2D eigenvalue weighted by Gasteiger charge is -2.30. The summed E-state index contributed by atoms with van der Waals surface area (Å²) < 4.78 is 11.8. The third-order valence-electron chi connectivity index (χ3n) is 3.95. The van der Waals surface area contributed by atoms with Crippen LogP contribution in [-0.4, -0.2) is 46.4 Å². The van der Waals surface area contributed by atoms with Gasteiger partial charge in [0.05, 0.1) is 12.2 Å². The van der Waals surface area contributed by atoms with E-state index in [1.807, 2.05) is 26.0 Å². The molecule has 0 radical (unpaired) electrons. The summed E-state index contributed by atoms with van der Waals surface area (Å²) in [4.78, 5) is 30.6. The Morgan fingerprint density at radius 1 is 1.17 bits per heavy atom. The van der Waals surface area contributed by atoms with Gasteiger partial charge < -0.3 is 19.7 Å². The van der Waals surface area contributed by atoms with Crippen LogP contribution in [0, 0.1) is 0 Å². The molecule has 0 aliphatic carbocycles. The fourth-order valence-corrected chi connectivity index (χ4v) is 2.73. The lowest BCUT2D eigenvalue weighted by Crippen LogP contribution is -2.42. The van der Waals surface area contributed by atoms with Crippen molar-refractivity contribution in [3.63, 3.8) is 0 Å². The molecule has 0 saturated carbocycles. The van der Waals surface area contributed by atoms with E-state index in [0.29, 0.717) is 0 Å². The number of halogens is 1. The van der Waals surface area contributed by atoms with Gasteiger partial charge in [0.1, 0.15) is 11.2 Å². The molecule has 0 spiro atoms. The van der Waals surface area contributed by atoms with E-state index in [-0.39, 0.29) is 19.6 Å². The lowest BCUT2D eigenvalue weighted by molar-refractivity contribution is 0.00531. The summed E-state index contributed by atoms with van der Waals surface area (Å²) in [5, 5.41) is 2.68. The zero-order valence-electron chi connectivity index (χ0n) is 18.4. The average Bonchev–Trinajstić information content (AvgIpc) is 2.59. The SMILES string of the molecule is CCCCC(C)(C)OC(=O)N(CCNC(=O)OC(C)(C)C)Cc1ccc(Br)cn1. The molecule has 0 fully saturated rings. The molecule has 1 N–H and O–H groups in total. The number of carbonyl (C=O) groups excluding carboxylic acids is 2. The van der Waals surface area contributed by atoms with Gasteiger partial charge in [-0.25, -0.2) is 9.59 Å². The maximum absolute atomic E-state index is 12.8. The van der Waals surface area contributed by atoms with E-state index in [1.54, 1.807) is 31.9 Å². The molecule has 1 rings (SSSR count). The van der Waals surface area contributed by atoms with Crippen molar-refractivity contribution in [2.24, 2.45) is 0 Å². The van der Waals surface area contributed by atoms with E-state index < -0.39 is 23.4 Å². The number of carbonyl (C=O) groups is 2. The average molecular weight is 472 g/mol. The molecular formula is C21H34BrN3O4. The Bertz CT molecular complexity index is 657. The van der Waals surface area contributed by atoms with E-state index in [9.17, 15) is 9.59 Å². The van der Waals surface area contributed by atoms with Crippen molar-refractivity contribution in [1.29, 1.82) is 0 Å². The van der Waals surface area contributed by atoms with Gasteiger partial charge >= 0.3 is 12.2 Å². The van der Waals surface area contributed by atoms with Crippen molar-refractivity contribution >= 4 is 28.1 Å². The smallest absolute Gasteiger partial charge is 0.410 e. The molecule has 0 atom stereocenters. The Labute approximate surface area is 182 Å². The number of hydrogen-bond donors (Lipinski definition) is 1. The van der Waals surface area contributed by atoms with Gasteiger partial charge in [0.25, 0.3) is 0 Å². The molecule has 1 aromatic rings. The van der Waals surface area contributed by atoms with Gasteiger partial charge in [0.2, 0.25) is 0 Å². The number of hydrogen-bond acceptors (Lipinski definition) is 5. The van der Waals surface area contributed by atoms with Crippen LogP contribution in [0.5, 0.6) is 0 Å². The largest absolute Gasteiger partial charge is 0.444 e. The maximum Gasteiger partial charge on any atom is 0.410 e. The summed E-state index contributed by atoms with van der Waals surface area (Å²) in [6.45, 7) is 12.1. The van der Waals surface area contributed by atoms with Crippen LogP contribution >= 0.6 is 15.9 Å². The van der Waals surface area contributed by atoms with Crippen molar-refractivity contribution in [2.45, 2.75) is 78.6 Å². The predicted octanol–water partition coefficient (Wildman–Crippen LogP) is 5.28. The second-order valence-corrected chi connectivity index (χ2v) is 9.46. The quantitative estimate of drug-likeness (QED) is 0.529. The molecule has 0 unspecified atom stereocenters. The Morgan fingerprint density at radius 3 is 2.41 bits per heavy atom. The Morgan fingerprint density at radius 2 is 1.86 bits per heavy atom. The minimum Gasteiger partial charge on any atom is -0.444 e. The standard InChI is InChI=1S/C21H34BrN3O4/c1-7-8-11-21(5,6)29-19(27)25(15-17-10-9-16(22)14-24-17)13-12-23-18(26)28-20(2,3)4/h9-10,14H,7-8,11-13,15H2,1-6H3,(H,23,26). The first-order valence-electron chi connectivity index (χ1n) is 9.97. The summed E-state index contributed by atoms with van der Waals surface area (Å²) in [6, 6.07) is 3.71. The molecule has 1 aromatic heterocycles. The van der Waals surface area contributed by atoms with E-state index in [4.69, 9.17) is 9.47 Å². The maximum atomic E-state index is 12.8. The topological polar surface area (TPSA) is 80.8 Å². The molecule has 29 heavy (non-hydrogen) atoms. The summed E-state index contributed by atoms with van der Waals surface area (Å²) >= 11 is 3.36. The van der Waals surface area contributed by atoms with E-state index in [2.05, 4.69) is 33.2 Å². The summed E-state index contributed by atoms with van der Waals surface area (Å²) in [7, 11) is 0. The molecule has 0 aliphatic heterocycles. The van der Waals surface area contributed by atoms with Gasteiger partial charge in [-0.05, 0) is 75.5 Å². The normalized spacial score (nSPS) is 11.7. The van der Waals surface area contributed by atoms with Crippen LogP contribution in [0.3, 0.4) is 0 Å². The highest BCUT2D eigenvalue weighted by molar-refractivity contribution is 9.10. The van der Waals surface area contributed by atoms with Crippen molar-refractivity contribution < 1.29 is 19.1 Å². The molecule has 7 nitrogen and oxygen atoms in total. The molecule has 8 heteroatoms. The first-order valence-corrected chi connectivity index (χ1v) is 10.8. The van der Waals surface area contributed by atoms with Crippen LogP contribution in [0.15, 0.2) is 22.8 Å². The van der Waals surface area contributed by atoms with Crippen LogP contribution in [0.25, 0.3) is 0 Å². The van der Waals surface area contributed by atoms with Gasteiger partial charge in [0.15, 0.2) is 0 Å². The highest BCUT2D eigenvalue weighted by atomic mass is 79.9. The number of amides is 2. The van der Waals surface area contributed by atoms with Gasteiger partial charge in [-0.2, -0.15) is 0 Å². The highest BCUT2D eigenvalue weighted by Gasteiger charge is 2.26. The van der Waals surface area contributed by atoms with Gasteiger partial charge in [-0.3, -0.25) is 4.98 Å². The van der Waals surface area contributed by atoms with E-state index >= 15 is 0 Å². The number of aromatic nitrogens is 1. The molecule has 1 heterocycles. The highest BCUT2D eigenvalue weighted by Crippen LogP contribution is 2.20. The number of rotatable bonds is 9. The van der Waals surface area contributed by atoms with Gasteiger partial charge in [-0.15, -0.1) is 0 Å². The van der Waals surface area contributed by atoms with Crippen molar-refractivity contribution in [3.8, 4) is 0 Å². The van der Waals surface area contributed by atoms with Crippen molar-refractivity contribution in [3.05, 3.63) is 28.5 Å². The number of pyridine rings is 1. The molecule has 0 aliphatic rings. The number of ether oxygens (including phenoxy) is 2. The zero-order valence-corrected chi connectivity index (χ0v) is 20.0. The molecule has 164 valence electrons. The fourth-order valence-electron chi connectivity index (χ4n) is 2.49. The number of nitrogens with one attached hydrogen (secondary N) is 1. The Balaban J connectivity index is 2.75. The first kappa shape index (κ1) is 25.2. The number of alkyl carbamates (subject to hydrolysis) is 1. The molecule has 2 amide bonds. The zero-order chi connectivity index (χ0) is 22.1. The van der Waals surface area contributed by atoms with E-state index in [1.165, 1.54) is 0 Å². The van der Waals surface area contributed by atoms with Crippen LogP contribution in [-0.2, 0) is 16.0 Å². The summed E-state index contributed by atoms with van der Waals surface area (Å²) in [5.74, 6) is 0. The van der Waals surface area contributed by atoms with Crippen molar-refractivity contribution in [1.82, 2.24) is 15.2 Å². The minimum atomic E-state index is -0.576. The Kier molecular flexibility index (Phi) is 9.89. The second kappa shape index (κ2) is 11.4. The Hall–Kier alpha value is -1.83. The molecule has 0 saturated heterocycles. The molecule has 0 aromatic carbocycles. The number of nitrogens with zero attached hydrogens (tertiary/aromatic N) is 2. The molecule has 0 bridgehead atoms. The third kappa shape index (κ3) is 11.1. The first-order chi connectivity index (χ1) is 13.4. The predicted molar refractivity (Wildman–Crippen MR) is 117 cm³/mol. The summed E-state index contributed by atoms with van der Waals surface area (Å²) in [5.41, 5.74) is -0.404. The monoisotopic (exact) mass is 471 g/mol. The molecular weight excluding hydrogens is 438 g/mol.